The highest BCUT2D eigenvalue weighted by Gasteiger charge is 2.06. The minimum atomic E-state index is 0.486. The zero-order chi connectivity index (χ0) is 10.1. The van der Waals surface area contributed by atoms with Crippen molar-refractivity contribution in [2.45, 2.75) is 19.8 Å². The average Bonchev–Trinajstić information content (AvgIpc) is 2.18. The molecule has 1 nitrogen and oxygen atoms in total. The quantitative estimate of drug-likeness (QED) is 0.675. The lowest BCUT2D eigenvalue weighted by atomic mass is 9.97. The van der Waals surface area contributed by atoms with Gasteiger partial charge in [-0.25, -0.2) is 0 Å². The van der Waals surface area contributed by atoms with E-state index in [4.69, 9.17) is 5.73 Å². The van der Waals surface area contributed by atoms with Crippen LogP contribution >= 0.6 is 0 Å². The van der Waals surface area contributed by atoms with Gasteiger partial charge in [-0.1, -0.05) is 50.2 Å². The maximum atomic E-state index is 6.12. The summed E-state index contributed by atoms with van der Waals surface area (Å²) >= 11 is 0. The number of fused-ring (bicyclic) bond motifs is 1. The fourth-order valence-electron chi connectivity index (χ4n) is 1.82. The predicted molar refractivity (Wildman–Crippen MR) is 62.4 cm³/mol. The molecule has 0 saturated heterocycles. The molecular formula is C13H15N. The van der Waals surface area contributed by atoms with Crippen molar-refractivity contribution >= 4 is 16.5 Å². The largest absolute Gasteiger partial charge is 0.398 e. The first-order valence-corrected chi connectivity index (χ1v) is 4.97. The lowest BCUT2D eigenvalue weighted by Gasteiger charge is -2.11. The van der Waals surface area contributed by atoms with E-state index in [0.29, 0.717) is 5.92 Å². The molecule has 0 bridgehead atoms. The molecule has 0 atom stereocenters. The summed E-state index contributed by atoms with van der Waals surface area (Å²) in [6, 6.07) is 12.5. The molecule has 72 valence electrons. The van der Waals surface area contributed by atoms with E-state index >= 15 is 0 Å². The van der Waals surface area contributed by atoms with Crippen molar-refractivity contribution in [3.05, 3.63) is 42.0 Å². The van der Waals surface area contributed by atoms with Crippen molar-refractivity contribution < 1.29 is 0 Å². The Bertz CT molecular complexity index is 458. The molecule has 0 amide bonds. The third-order valence-corrected chi connectivity index (χ3v) is 2.63. The van der Waals surface area contributed by atoms with Crippen LogP contribution in [0.4, 0.5) is 5.69 Å². The topological polar surface area (TPSA) is 26.0 Å². The van der Waals surface area contributed by atoms with Gasteiger partial charge < -0.3 is 5.73 Å². The van der Waals surface area contributed by atoms with Crippen LogP contribution in [0.25, 0.3) is 10.8 Å². The number of nitrogen functional groups attached to an aromatic ring is 1. The van der Waals surface area contributed by atoms with Crippen LogP contribution in [0.2, 0.25) is 0 Å². The van der Waals surface area contributed by atoms with E-state index in [1.54, 1.807) is 0 Å². The molecule has 0 fully saturated rings. The van der Waals surface area contributed by atoms with Gasteiger partial charge in [0.15, 0.2) is 0 Å². The summed E-state index contributed by atoms with van der Waals surface area (Å²) in [6.45, 7) is 4.33. The molecule has 2 rings (SSSR count). The van der Waals surface area contributed by atoms with E-state index < -0.39 is 0 Å². The first-order chi connectivity index (χ1) is 6.70. The molecule has 1 heteroatoms. The lowest BCUT2D eigenvalue weighted by molar-refractivity contribution is 0.872. The zero-order valence-corrected chi connectivity index (χ0v) is 8.62. The molecule has 0 aliphatic carbocycles. The summed E-state index contributed by atoms with van der Waals surface area (Å²) in [7, 11) is 0. The molecule has 2 aromatic carbocycles. The van der Waals surface area contributed by atoms with Gasteiger partial charge >= 0.3 is 0 Å². The van der Waals surface area contributed by atoms with Crippen LogP contribution in [0.5, 0.6) is 0 Å². The fraction of sp³-hybridized carbons (Fsp3) is 0.231. The molecule has 0 unspecified atom stereocenters. The van der Waals surface area contributed by atoms with Crippen LogP contribution in [0.1, 0.15) is 25.3 Å². The molecule has 0 aliphatic rings. The second kappa shape index (κ2) is 3.33. The Morgan fingerprint density at radius 2 is 1.71 bits per heavy atom. The van der Waals surface area contributed by atoms with Gasteiger partial charge in [-0.2, -0.15) is 0 Å². The molecule has 0 spiro atoms. The monoisotopic (exact) mass is 185 g/mol. The van der Waals surface area contributed by atoms with E-state index in [2.05, 4.69) is 38.1 Å². The number of hydrogen-bond donors (Lipinski definition) is 1. The van der Waals surface area contributed by atoms with E-state index in [1.165, 1.54) is 16.3 Å². The molecule has 2 N–H and O–H groups in total. The van der Waals surface area contributed by atoms with Crippen molar-refractivity contribution in [3.63, 3.8) is 0 Å². The van der Waals surface area contributed by atoms with Crippen molar-refractivity contribution in [3.8, 4) is 0 Å². The van der Waals surface area contributed by atoms with Gasteiger partial charge in [-0.15, -0.1) is 0 Å². The molecule has 14 heavy (non-hydrogen) atoms. The molecule has 2 aromatic rings. The van der Waals surface area contributed by atoms with Crippen LogP contribution in [0.3, 0.4) is 0 Å². The third-order valence-electron chi connectivity index (χ3n) is 2.63. The summed E-state index contributed by atoms with van der Waals surface area (Å²) in [5.41, 5.74) is 8.29. The minimum Gasteiger partial charge on any atom is -0.398 e. The number of nitrogens with two attached hydrogens (primary N) is 1. The lowest BCUT2D eigenvalue weighted by Crippen LogP contribution is -1.96. The molecular weight excluding hydrogens is 170 g/mol. The molecule has 0 aliphatic heterocycles. The van der Waals surface area contributed by atoms with Crippen molar-refractivity contribution in [2.75, 3.05) is 5.73 Å². The van der Waals surface area contributed by atoms with Crippen molar-refractivity contribution in [1.82, 2.24) is 0 Å². The molecule has 0 saturated carbocycles. The maximum absolute atomic E-state index is 6.12. The number of anilines is 1. The van der Waals surface area contributed by atoms with Gasteiger partial charge in [0.25, 0.3) is 0 Å². The maximum Gasteiger partial charge on any atom is 0.0428 e. The summed E-state index contributed by atoms with van der Waals surface area (Å²) in [5.74, 6) is 0.486. The number of benzene rings is 2. The SMILES string of the molecule is CC(C)c1ccc2ccccc2c1N. The highest BCUT2D eigenvalue weighted by Crippen LogP contribution is 2.29. The number of rotatable bonds is 1. The standard InChI is InChI=1S/C13H15N/c1-9(2)11-8-7-10-5-3-4-6-12(10)13(11)14/h3-9H,14H2,1-2H3. The average molecular weight is 185 g/mol. The van der Waals surface area contributed by atoms with Crippen LogP contribution in [0.15, 0.2) is 36.4 Å². The van der Waals surface area contributed by atoms with Crippen molar-refractivity contribution in [1.29, 1.82) is 0 Å². The van der Waals surface area contributed by atoms with Crippen LogP contribution in [0, 0.1) is 0 Å². The molecule has 0 radical (unpaired) electrons. The molecule has 0 heterocycles. The Morgan fingerprint density at radius 3 is 2.43 bits per heavy atom. The van der Waals surface area contributed by atoms with E-state index in [9.17, 15) is 0 Å². The summed E-state index contributed by atoms with van der Waals surface area (Å²) in [6.07, 6.45) is 0. The Kier molecular flexibility index (Phi) is 2.16. The van der Waals surface area contributed by atoms with E-state index in [-0.39, 0.29) is 0 Å². The molecule has 0 aromatic heterocycles. The predicted octanol–water partition coefficient (Wildman–Crippen LogP) is 3.55. The highest BCUT2D eigenvalue weighted by atomic mass is 14.6. The highest BCUT2D eigenvalue weighted by molar-refractivity contribution is 5.94. The second-order valence-electron chi connectivity index (χ2n) is 3.94. The van der Waals surface area contributed by atoms with E-state index in [0.717, 1.165) is 5.69 Å². The van der Waals surface area contributed by atoms with Gasteiger partial charge in [0.1, 0.15) is 0 Å². The first-order valence-electron chi connectivity index (χ1n) is 4.97. The summed E-state index contributed by atoms with van der Waals surface area (Å²) in [5, 5.41) is 2.38. The summed E-state index contributed by atoms with van der Waals surface area (Å²) < 4.78 is 0. The van der Waals surface area contributed by atoms with Crippen LogP contribution in [-0.4, -0.2) is 0 Å². The Hall–Kier alpha value is -1.50. The van der Waals surface area contributed by atoms with Crippen LogP contribution < -0.4 is 5.73 Å². The number of hydrogen-bond acceptors (Lipinski definition) is 1. The second-order valence-corrected chi connectivity index (χ2v) is 3.94. The van der Waals surface area contributed by atoms with Gasteiger partial charge in [0, 0.05) is 11.1 Å². The van der Waals surface area contributed by atoms with Crippen LogP contribution in [-0.2, 0) is 0 Å². The normalized spacial score (nSPS) is 11.1. The van der Waals surface area contributed by atoms with E-state index in [1.807, 2.05) is 12.1 Å². The van der Waals surface area contributed by atoms with Gasteiger partial charge in [0.05, 0.1) is 0 Å². The minimum absolute atomic E-state index is 0.486. The Morgan fingerprint density at radius 1 is 1.00 bits per heavy atom. The Labute approximate surface area is 84.5 Å². The summed E-state index contributed by atoms with van der Waals surface area (Å²) in [4.78, 5) is 0. The first kappa shape index (κ1) is 9.07. The van der Waals surface area contributed by atoms with Crippen molar-refractivity contribution in [2.24, 2.45) is 0 Å². The third kappa shape index (κ3) is 1.35. The fourth-order valence-corrected chi connectivity index (χ4v) is 1.82. The zero-order valence-electron chi connectivity index (χ0n) is 8.62. The van der Waals surface area contributed by atoms with Gasteiger partial charge in [0.2, 0.25) is 0 Å². The van der Waals surface area contributed by atoms with Gasteiger partial charge in [-0.05, 0) is 16.9 Å². The smallest absolute Gasteiger partial charge is 0.0428 e. The van der Waals surface area contributed by atoms with Gasteiger partial charge in [-0.3, -0.25) is 0 Å². The Balaban J connectivity index is 2.75.